The summed E-state index contributed by atoms with van der Waals surface area (Å²) in [4.78, 5) is 0. The smallest absolute Gasteiger partial charge is 0.118 e. The van der Waals surface area contributed by atoms with Crippen molar-refractivity contribution in [2.45, 2.75) is 31.8 Å². The number of ether oxygens (including phenoxy) is 2. The van der Waals surface area contributed by atoms with Crippen molar-refractivity contribution in [3.8, 4) is 5.75 Å². The first-order valence-electron chi connectivity index (χ1n) is 6.79. The summed E-state index contributed by atoms with van der Waals surface area (Å²) in [5.74, 6) is 0.844. The molecule has 0 radical (unpaired) electrons. The van der Waals surface area contributed by atoms with E-state index in [2.05, 4.69) is 6.58 Å². The van der Waals surface area contributed by atoms with Crippen LogP contribution in [0.15, 0.2) is 36.9 Å². The molecule has 0 aliphatic rings. The van der Waals surface area contributed by atoms with Crippen LogP contribution in [0.3, 0.4) is 0 Å². The first kappa shape index (κ1) is 15.7. The summed E-state index contributed by atoms with van der Waals surface area (Å²) in [6.07, 6.45) is 5.47. The zero-order valence-corrected chi connectivity index (χ0v) is 11.7. The fourth-order valence-corrected chi connectivity index (χ4v) is 1.89. The molecule has 1 N–H and O–H groups in total. The number of unbranched alkanes of at least 4 members (excludes halogenated alkanes) is 1. The molecule has 0 spiro atoms. The van der Waals surface area contributed by atoms with E-state index < -0.39 is 0 Å². The molecule has 1 aromatic rings. The van der Waals surface area contributed by atoms with Crippen molar-refractivity contribution in [2.24, 2.45) is 0 Å². The Bertz CT molecular complexity index is 346. The SMILES string of the molecule is C=CCCCOC(CCCO)c1ccc(OC)cc1. The summed E-state index contributed by atoms with van der Waals surface area (Å²) in [6.45, 7) is 4.62. The average molecular weight is 264 g/mol. The van der Waals surface area contributed by atoms with Crippen LogP contribution in [-0.2, 0) is 4.74 Å². The second-order valence-electron chi connectivity index (χ2n) is 4.43. The van der Waals surface area contributed by atoms with Gasteiger partial charge in [-0.05, 0) is 43.4 Å². The number of benzene rings is 1. The maximum Gasteiger partial charge on any atom is 0.118 e. The maximum absolute atomic E-state index is 8.97. The van der Waals surface area contributed by atoms with Crippen molar-refractivity contribution >= 4 is 0 Å². The number of allylic oxidation sites excluding steroid dienone is 1. The fraction of sp³-hybridized carbons (Fsp3) is 0.500. The second-order valence-corrected chi connectivity index (χ2v) is 4.43. The molecule has 0 saturated carbocycles. The monoisotopic (exact) mass is 264 g/mol. The molecule has 1 rings (SSSR count). The van der Waals surface area contributed by atoms with Crippen LogP contribution < -0.4 is 4.74 Å². The van der Waals surface area contributed by atoms with Crippen LogP contribution in [0.5, 0.6) is 5.75 Å². The highest BCUT2D eigenvalue weighted by Crippen LogP contribution is 2.25. The molecule has 0 heterocycles. The minimum Gasteiger partial charge on any atom is -0.497 e. The van der Waals surface area contributed by atoms with Gasteiger partial charge in [0.15, 0.2) is 0 Å². The quantitative estimate of drug-likeness (QED) is 0.519. The van der Waals surface area contributed by atoms with Gasteiger partial charge in [0.25, 0.3) is 0 Å². The fourth-order valence-electron chi connectivity index (χ4n) is 1.89. The summed E-state index contributed by atoms with van der Waals surface area (Å²) in [5.41, 5.74) is 1.13. The number of hydrogen-bond donors (Lipinski definition) is 1. The summed E-state index contributed by atoms with van der Waals surface area (Å²) in [7, 11) is 1.66. The second kappa shape index (κ2) is 9.59. The molecule has 0 bridgehead atoms. The zero-order valence-electron chi connectivity index (χ0n) is 11.7. The molecule has 3 heteroatoms. The lowest BCUT2D eigenvalue weighted by Gasteiger charge is -2.18. The standard InChI is InChI=1S/C16H24O3/c1-3-4-5-13-19-16(7-6-12-17)14-8-10-15(18-2)11-9-14/h3,8-11,16-17H,1,4-7,12-13H2,2H3. The van der Waals surface area contributed by atoms with Crippen LogP contribution in [0.25, 0.3) is 0 Å². The molecule has 1 aromatic carbocycles. The molecular formula is C16H24O3. The highest BCUT2D eigenvalue weighted by molar-refractivity contribution is 5.28. The van der Waals surface area contributed by atoms with Crippen molar-refractivity contribution in [3.05, 3.63) is 42.5 Å². The van der Waals surface area contributed by atoms with Crippen molar-refractivity contribution < 1.29 is 14.6 Å². The maximum atomic E-state index is 8.97. The van der Waals surface area contributed by atoms with Gasteiger partial charge in [-0.3, -0.25) is 0 Å². The molecule has 0 aliphatic heterocycles. The van der Waals surface area contributed by atoms with E-state index in [4.69, 9.17) is 14.6 Å². The molecule has 19 heavy (non-hydrogen) atoms. The van der Waals surface area contributed by atoms with E-state index in [0.717, 1.165) is 37.0 Å². The van der Waals surface area contributed by atoms with Crippen LogP contribution in [0.4, 0.5) is 0 Å². The molecular weight excluding hydrogens is 240 g/mol. The summed E-state index contributed by atoms with van der Waals surface area (Å²) in [6, 6.07) is 7.92. The largest absolute Gasteiger partial charge is 0.497 e. The molecule has 0 fully saturated rings. The molecule has 0 saturated heterocycles. The zero-order chi connectivity index (χ0) is 13.9. The minimum atomic E-state index is 0.0443. The number of rotatable bonds is 10. The Labute approximate surface area is 115 Å². The van der Waals surface area contributed by atoms with E-state index in [1.807, 2.05) is 30.3 Å². The van der Waals surface area contributed by atoms with Gasteiger partial charge in [0.05, 0.1) is 13.2 Å². The van der Waals surface area contributed by atoms with Gasteiger partial charge in [0.1, 0.15) is 5.75 Å². The molecule has 0 aromatic heterocycles. The van der Waals surface area contributed by atoms with Crippen molar-refractivity contribution in [1.82, 2.24) is 0 Å². The van der Waals surface area contributed by atoms with Gasteiger partial charge in [0.2, 0.25) is 0 Å². The molecule has 1 unspecified atom stereocenters. The Morgan fingerprint density at radius 3 is 2.58 bits per heavy atom. The van der Waals surface area contributed by atoms with E-state index in [1.54, 1.807) is 7.11 Å². The highest BCUT2D eigenvalue weighted by Gasteiger charge is 2.11. The highest BCUT2D eigenvalue weighted by atomic mass is 16.5. The Morgan fingerprint density at radius 2 is 2.00 bits per heavy atom. The van der Waals surface area contributed by atoms with Crippen molar-refractivity contribution in [2.75, 3.05) is 20.3 Å². The van der Waals surface area contributed by atoms with Gasteiger partial charge in [0, 0.05) is 13.2 Å². The van der Waals surface area contributed by atoms with E-state index in [1.165, 1.54) is 0 Å². The van der Waals surface area contributed by atoms with Crippen LogP contribution >= 0.6 is 0 Å². The molecule has 1 atom stereocenters. The van der Waals surface area contributed by atoms with Gasteiger partial charge >= 0.3 is 0 Å². The average Bonchev–Trinajstić information content (AvgIpc) is 2.47. The van der Waals surface area contributed by atoms with E-state index >= 15 is 0 Å². The summed E-state index contributed by atoms with van der Waals surface area (Å²) >= 11 is 0. The lowest BCUT2D eigenvalue weighted by molar-refractivity contribution is 0.0407. The van der Waals surface area contributed by atoms with Crippen LogP contribution in [-0.4, -0.2) is 25.4 Å². The predicted octanol–water partition coefficient (Wildman–Crippen LogP) is 3.49. The molecule has 3 nitrogen and oxygen atoms in total. The van der Waals surface area contributed by atoms with E-state index in [9.17, 15) is 0 Å². The first-order valence-corrected chi connectivity index (χ1v) is 6.79. The van der Waals surface area contributed by atoms with Crippen LogP contribution in [0, 0.1) is 0 Å². The van der Waals surface area contributed by atoms with Crippen molar-refractivity contribution in [1.29, 1.82) is 0 Å². The lowest BCUT2D eigenvalue weighted by Crippen LogP contribution is -2.07. The van der Waals surface area contributed by atoms with Crippen LogP contribution in [0.2, 0.25) is 0 Å². The summed E-state index contributed by atoms with van der Waals surface area (Å²) < 4.78 is 11.1. The Kier molecular flexibility index (Phi) is 7.94. The Hall–Kier alpha value is -1.32. The van der Waals surface area contributed by atoms with E-state index in [0.29, 0.717) is 6.61 Å². The third kappa shape index (κ3) is 5.90. The summed E-state index contributed by atoms with van der Waals surface area (Å²) in [5, 5.41) is 8.97. The van der Waals surface area contributed by atoms with Gasteiger partial charge in [-0.2, -0.15) is 0 Å². The number of methoxy groups -OCH3 is 1. The van der Waals surface area contributed by atoms with Gasteiger partial charge in [-0.15, -0.1) is 6.58 Å². The van der Waals surface area contributed by atoms with Gasteiger partial charge in [-0.25, -0.2) is 0 Å². The predicted molar refractivity (Wildman–Crippen MR) is 77.4 cm³/mol. The topological polar surface area (TPSA) is 38.7 Å². The van der Waals surface area contributed by atoms with Gasteiger partial charge < -0.3 is 14.6 Å². The number of aliphatic hydroxyl groups is 1. The molecule has 0 aliphatic carbocycles. The first-order chi connectivity index (χ1) is 9.31. The number of hydrogen-bond acceptors (Lipinski definition) is 3. The van der Waals surface area contributed by atoms with Crippen molar-refractivity contribution in [3.63, 3.8) is 0 Å². The van der Waals surface area contributed by atoms with Gasteiger partial charge in [-0.1, -0.05) is 18.2 Å². The third-order valence-corrected chi connectivity index (χ3v) is 2.98. The third-order valence-electron chi connectivity index (χ3n) is 2.98. The molecule has 106 valence electrons. The Balaban J connectivity index is 2.57. The lowest BCUT2D eigenvalue weighted by atomic mass is 10.0. The van der Waals surface area contributed by atoms with E-state index in [-0.39, 0.29) is 12.7 Å². The molecule has 0 amide bonds. The minimum absolute atomic E-state index is 0.0443. The normalized spacial score (nSPS) is 12.1. The number of aliphatic hydroxyl groups excluding tert-OH is 1. The Morgan fingerprint density at radius 1 is 1.26 bits per heavy atom. The van der Waals surface area contributed by atoms with Crippen LogP contribution in [0.1, 0.15) is 37.4 Å².